The second-order valence-electron chi connectivity index (χ2n) is 2.19. The Balaban J connectivity index is 2.79. The van der Waals surface area contributed by atoms with Gasteiger partial charge in [-0.2, -0.15) is 4.37 Å². The summed E-state index contributed by atoms with van der Waals surface area (Å²) >= 11 is 3.97. The van der Waals surface area contributed by atoms with Crippen LogP contribution in [0.1, 0.15) is 9.67 Å². The van der Waals surface area contributed by atoms with Gasteiger partial charge in [0, 0.05) is 0 Å². The standard InChI is InChI=1S/C6H2BrN3O2S/c7-6-8-1-2-3(9-6)4(5(11)12)13-10-2/h1H,(H,11,12). The number of hydrogen-bond acceptors (Lipinski definition) is 5. The molecule has 0 bridgehead atoms. The van der Waals surface area contributed by atoms with E-state index < -0.39 is 5.97 Å². The third-order valence-corrected chi connectivity index (χ3v) is 2.61. The van der Waals surface area contributed by atoms with Crippen LogP contribution in [0.2, 0.25) is 0 Å². The van der Waals surface area contributed by atoms with Gasteiger partial charge in [-0.05, 0) is 27.5 Å². The number of hydrogen-bond donors (Lipinski definition) is 1. The Morgan fingerprint density at radius 2 is 2.38 bits per heavy atom. The van der Waals surface area contributed by atoms with Crippen molar-refractivity contribution in [3.63, 3.8) is 0 Å². The summed E-state index contributed by atoms with van der Waals surface area (Å²) in [6.07, 6.45) is 1.48. The van der Waals surface area contributed by atoms with Crippen LogP contribution in [0.15, 0.2) is 10.9 Å². The Kier molecular flexibility index (Phi) is 1.97. The van der Waals surface area contributed by atoms with Crippen molar-refractivity contribution in [1.29, 1.82) is 0 Å². The van der Waals surface area contributed by atoms with Crippen molar-refractivity contribution in [2.75, 3.05) is 0 Å². The zero-order valence-electron chi connectivity index (χ0n) is 6.06. The smallest absolute Gasteiger partial charge is 0.349 e. The van der Waals surface area contributed by atoms with Crippen molar-refractivity contribution in [3.05, 3.63) is 15.8 Å². The van der Waals surface area contributed by atoms with Crippen LogP contribution < -0.4 is 0 Å². The lowest BCUT2D eigenvalue weighted by Gasteiger charge is -1.89. The highest BCUT2D eigenvalue weighted by atomic mass is 79.9. The second kappa shape index (κ2) is 3.00. The highest BCUT2D eigenvalue weighted by molar-refractivity contribution is 9.10. The topological polar surface area (TPSA) is 76.0 Å². The Labute approximate surface area is 84.7 Å². The summed E-state index contributed by atoms with van der Waals surface area (Å²) < 4.78 is 4.26. The van der Waals surface area contributed by atoms with Gasteiger partial charge in [-0.3, -0.25) is 0 Å². The Bertz CT molecular complexity index is 484. The molecule has 2 heterocycles. The third-order valence-electron chi connectivity index (χ3n) is 1.38. The van der Waals surface area contributed by atoms with Gasteiger partial charge in [-0.1, -0.05) is 0 Å². The van der Waals surface area contributed by atoms with Crippen LogP contribution in [0.4, 0.5) is 0 Å². The molecule has 2 aromatic rings. The number of aromatic nitrogens is 3. The molecular weight excluding hydrogens is 258 g/mol. The van der Waals surface area contributed by atoms with Gasteiger partial charge < -0.3 is 5.11 Å². The predicted molar refractivity (Wildman–Crippen MR) is 49.9 cm³/mol. The molecular formula is C6H2BrN3O2S. The molecule has 0 radical (unpaired) electrons. The van der Waals surface area contributed by atoms with Gasteiger partial charge >= 0.3 is 5.97 Å². The molecule has 2 aromatic heterocycles. The SMILES string of the molecule is O=C(O)c1snc2cnc(Br)nc12. The van der Waals surface area contributed by atoms with E-state index in [9.17, 15) is 4.79 Å². The monoisotopic (exact) mass is 259 g/mol. The van der Waals surface area contributed by atoms with E-state index in [1.165, 1.54) is 6.20 Å². The van der Waals surface area contributed by atoms with Crippen molar-refractivity contribution in [2.24, 2.45) is 0 Å². The van der Waals surface area contributed by atoms with E-state index >= 15 is 0 Å². The normalized spacial score (nSPS) is 10.5. The number of carboxylic acid groups (broad SMARTS) is 1. The zero-order chi connectivity index (χ0) is 9.42. The van der Waals surface area contributed by atoms with E-state index in [4.69, 9.17) is 5.11 Å². The number of carboxylic acids is 1. The summed E-state index contributed by atoms with van der Waals surface area (Å²) in [5.41, 5.74) is 0.880. The van der Waals surface area contributed by atoms with Crippen molar-refractivity contribution in [3.8, 4) is 0 Å². The molecule has 1 N–H and O–H groups in total. The molecule has 0 atom stereocenters. The minimum Gasteiger partial charge on any atom is -0.477 e. The lowest BCUT2D eigenvalue weighted by Crippen LogP contribution is -1.94. The molecule has 66 valence electrons. The van der Waals surface area contributed by atoms with Gasteiger partial charge in [0.25, 0.3) is 0 Å². The van der Waals surface area contributed by atoms with E-state index in [0.29, 0.717) is 15.8 Å². The van der Waals surface area contributed by atoms with Crippen LogP contribution in [0.25, 0.3) is 11.0 Å². The minimum absolute atomic E-state index is 0.137. The fourth-order valence-electron chi connectivity index (χ4n) is 0.866. The van der Waals surface area contributed by atoms with Crippen LogP contribution in [0.3, 0.4) is 0 Å². The lowest BCUT2D eigenvalue weighted by atomic mass is 10.4. The van der Waals surface area contributed by atoms with E-state index in [0.717, 1.165) is 11.5 Å². The summed E-state index contributed by atoms with van der Waals surface area (Å²) in [4.78, 5) is 18.6. The zero-order valence-corrected chi connectivity index (χ0v) is 8.46. The molecule has 0 spiro atoms. The van der Waals surface area contributed by atoms with Crippen LogP contribution >= 0.6 is 27.5 Å². The predicted octanol–water partition coefficient (Wildman–Crippen LogP) is 1.55. The van der Waals surface area contributed by atoms with E-state index in [1.54, 1.807) is 0 Å². The van der Waals surface area contributed by atoms with Gasteiger partial charge in [-0.25, -0.2) is 14.8 Å². The van der Waals surface area contributed by atoms with Crippen LogP contribution in [0, 0.1) is 0 Å². The molecule has 13 heavy (non-hydrogen) atoms. The number of fused-ring (bicyclic) bond motifs is 1. The molecule has 7 heteroatoms. The van der Waals surface area contributed by atoms with Crippen LogP contribution in [0.5, 0.6) is 0 Å². The maximum absolute atomic E-state index is 10.7. The third kappa shape index (κ3) is 1.40. The fourth-order valence-corrected chi connectivity index (χ4v) is 1.78. The first-order valence-corrected chi connectivity index (χ1v) is 4.76. The number of nitrogens with zero attached hydrogens (tertiary/aromatic N) is 3. The van der Waals surface area contributed by atoms with E-state index in [2.05, 4.69) is 30.3 Å². The van der Waals surface area contributed by atoms with Gasteiger partial charge in [0.05, 0.1) is 6.20 Å². The van der Waals surface area contributed by atoms with Crippen molar-refractivity contribution in [2.45, 2.75) is 0 Å². The highest BCUT2D eigenvalue weighted by Crippen LogP contribution is 2.20. The Hall–Kier alpha value is -1.08. The molecule has 2 rings (SSSR count). The molecule has 0 aliphatic rings. The van der Waals surface area contributed by atoms with E-state index in [1.807, 2.05) is 0 Å². The molecule has 0 amide bonds. The maximum Gasteiger partial charge on any atom is 0.349 e. The molecule has 0 saturated carbocycles. The number of aromatic carboxylic acids is 1. The average molecular weight is 260 g/mol. The van der Waals surface area contributed by atoms with Crippen molar-refractivity contribution < 1.29 is 9.90 Å². The summed E-state index contributed by atoms with van der Waals surface area (Å²) in [6, 6.07) is 0. The summed E-state index contributed by atoms with van der Waals surface area (Å²) in [5.74, 6) is -1.02. The van der Waals surface area contributed by atoms with Gasteiger partial charge in [0.2, 0.25) is 0 Å². The van der Waals surface area contributed by atoms with Crippen LogP contribution in [-0.2, 0) is 0 Å². The van der Waals surface area contributed by atoms with Crippen LogP contribution in [-0.4, -0.2) is 25.4 Å². The van der Waals surface area contributed by atoms with Gasteiger partial charge in [0.1, 0.15) is 11.0 Å². The quantitative estimate of drug-likeness (QED) is 0.787. The average Bonchev–Trinajstić information content (AvgIpc) is 2.46. The fraction of sp³-hybridized carbons (Fsp3) is 0. The maximum atomic E-state index is 10.7. The molecule has 0 saturated heterocycles. The number of carbonyl (C=O) groups is 1. The van der Waals surface area contributed by atoms with E-state index in [-0.39, 0.29) is 4.88 Å². The molecule has 0 aliphatic heterocycles. The largest absolute Gasteiger partial charge is 0.477 e. The molecule has 0 fully saturated rings. The van der Waals surface area contributed by atoms with Crippen molar-refractivity contribution >= 4 is 44.5 Å². The van der Waals surface area contributed by atoms with Gasteiger partial charge in [0.15, 0.2) is 9.61 Å². The molecule has 0 aliphatic carbocycles. The first kappa shape index (κ1) is 8.52. The van der Waals surface area contributed by atoms with Crippen molar-refractivity contribution in [1.82, 2.24) is 14.3 Å². The molecule has 5 nitrogen and oxygen atoms in total. The molecule has 0 aromatic carbocycles. The first-order valence-electron chi connectivity index (χ1n) is 3.19. The first-order chi connectivity index (χ1) is 6.18. The minimum atomic E-state index is -1.02. The number of halogens is 1. The summed E-state index contributed by atoms with van der Waals surface area (Å²) in [6.45, 7) is 0. The molecule has 0 unspecified atom stereocenters. The lowest BCUT2D eigenvalue weighted by molar-refractivity contribution is 0.0704. The highest BCUT2D eigenvalue weighted by Gasteiger charge is 2.14. The summed E-state index contributed by atoms with van der Waals surface area (Å²) in [5, 5.41) is 8.76. The summed E-state index contributed by atoms with van der Waals surface area (Å²) in [7, 11) is 0. The van der Waals surface area contributed by atoms with Gasteiger partial charge in [-0.15, -0.1) is 0 Å². The number of rotatable bonds is 1. The Morgan fingerprint density at radius 1 is 1.62 bits per heavy atom. The Morgan fingerprint density at radius 3 is 3.08 bits per heavy atom. The second-order valence-corrected chi connectivity index (χ2v) is 3.67.